The highest BCUT2D eigenvalue weighted by molar-refractivity contribution is 7.88. The summed E-state index contributed by atoms with van der Waals surface area (Å²) in [6.45, 7) is 2.20. The van der Waals surface area contributed by atoms with Crippen LogP contribution in [0.2, 0.25) is 0 Å². The molecule has 0 spiro atoms. The van der Waals surface area contributed by atoms with Gasteiger partial charge in [-0.05, 0) is 12.5 Å². The molecular formula is C14H17N3O3S2. The summed E-state index contributed by atoms with van der Waals surface area (Å²) in [7, 11) is -3.40. The first-order valence-electron chi connectivity index (χ1n) is 6.68. The maximum absolute atomic E-state index is 11.9. The van der Waals surface area contributed by atoms with Crippen LogP contribution in [0.1, 0.15) is 20.2 Å². The molecule has 6 nitrogen and oxygen atoms in total. The molecule has 0 saturated carbocycles. The Labute approximate surface area is 133 Å². The number of hydrogen-bond acceptors (Lipinski definition) is 5. The van der Waals surface area contributed by atoms with E-state index >= 15 is 0 Å². The number of carbonyl (C=O) groups is 1. The Hall–Kier alpha value is -1.77. The fourth-order valence-electron chi connectivity index (χ4n) is 1.78. The summed E-state index contributed by atoms with van der Waals surface area (Å²) in [6.07, 6.45) is 1.51. The van der Waals surface area contributed by atoms with Gasteiger partial charge in [0.1, 0.15) is 4.88 Å². The molecule has 0 atom stereocenters. The second-order valence-corrected chi connectivity index (χ2v) is 7.68. The minimum atomic E-state index is -3.40. The van der Waals surface area contributed by atoms with E-state index < -0.39 is 10.0 Å². The van der Waals surface area contributed by atoms with Gasteiger partial charge in [-0.3, -0.25) is 4.79 Å². The number of sulfonamides is 1. The van der Waals surface area contributed by atoms with Crippen molar-refractivity contribution in [2.24, 2.45) is 0 Å². The molecule has 0 bridgehead atoms. The Bertz CT molecular complexity index is 727. The van der Waals surface area contributed by atoms with Crippen LogP contribution in [0.5, 0.6) is 0 Å². The first kappa shape index (κ1) is 16.6. The van der Waals surface area contributed by atoms with Crippen LogP contribution in [0.25, 0.3) is 0 Å². The lowest BCUT2D eigenvalue weighted by Gasteiger charge is -2.07. The minimum absolute atomic E-state index is 0.0736. The first-order chi connectivity index (χ1) is 10.5. The molecule has 0 aliphatic rings. The fraction of sp³-hybridized carbons (Fsp3) is 0.286. The van der Waals surface area contributed by atoms with Gasteiger partial charge in [0.15, 0.2) is 0 Å². The van der Waals surface area contributed by atoms with E-state index in [4.69, 9.17) is 0 Å². The van der Waals surface area contributed by atoms with Crippen molar-refractivity contribution < 1.29 is 13.2 Å². The molecular weight excluding hydrogens is 322 g/mol. The van der Waals surface area contributed by atoms with Gasteiger partial charge in [0.25, 0.3) is 5.91 Å². The fourth-order valence-corrected chi connectivity index (χ4v) is 3.62. The topological polar surface area (TPSA) is 88.2 Å². The van der Waals surface area contributed by atoms with Gasteiger partial charge in [0.2, 0.25) is 10.0 Å². The maximum Gasteiger partial charge on any atom is 0.263 e. The molecule has 2 N–H and O–H groups in total. The molecule has 1 heterocycles. The number of benzene rings is 1. The largest absolute Gasteiger partial charge is 0.350 e. The molecule has 0 aliphatic carbocycles. The zero-order chi connectivity index (χ0) is 16.0. The quantitative estimate of drug-likeness (QED) is 0.744. The number of hydrogen-bond donors (Lipinski definition) is 2. The van der Waals surface area contributed by atoms with Crippen LogP contribution in [0, 0.1) is 6.92 Å². The summed E-state index contributed by atoms with van der Waals surface area (Å²) in [5, 5.41) is 3.47. The van der Waals surface area contributed by atoms with E-state index in [1.807, 2.05) is 13.0 Å². The van der Waals surface area contributed by atoms with E-state index in [9.17, 15) is 13.2 Å². The molecule has 1 aromatic carbocycles. The Morgan fingerprint density at radius 2 is 1.95 bits per heavy atom. The van der Waals surface area contributed by atoms with Crippen molar-refractivity contribution in [2.75, 3.05) is 13.1 Å². The van der Waals surface area contributed by atoms with Crippen LogP contribution in [0.15, 0.2) is 36.5 Å². The molecule has 1 amide bonds. The zero-order valence-corrected chi connectivity index (χ0v) is 13.7. The lowest BCUT2D eigenvalue weighted by Crippen LogP contribution is -2.35. The van der Waals surface area contributed by atoms with E-state index in [2.05, 4.69) is 15.0 Å². The molecule has 8 heteroatoms. The third kappa shape index (κ3) is 5.21. The lowest BCUT2D eigenvalue weighted by molar-refractivity contribution is 0.0958. The molecule has 0 saturated heterocycles. The molecule has 1 aromatic heterocycles. The smallest absolute Gasteiger partial charge is 0.263 e. The van der Waals surface area contributed by atoms with Gasteiger partial charge in [0.05, 0.1) is 17.0 Å². The van der Waals surface area contributed by atoms with Crippen molar-refractivity contribution in [3.63, 3.8) is 0 Å². The van der Waals surface area contributed by atoms with Crippen LogP contribution in [0.3, 0.4) is 0 Å². The van der Waals surface area contributed by atoms with Crippen LogP contribution < -0.4 is 10.0 Å². The monoisotopic (exact) mass is 339 g/mol. The van der Waals surface area contributed by atoms with Gasteiger partial charge in [-0.25, -0.2) is 18.1 Å². The van der Waals surface area contributed by atoms with Crippen molar-refractivity contribution in [3.8, 4) is 0 Å². The molecule has 118 valence electrons. The van der Waals surface area contributed by atoms with Gasteiger partial charge in [-0.2, -0.15) is 0 Å². The van der Waals surface area contributed by atoms with Gasteiger partial charge in [0, 0.05) is 13.1 Å². The number of nitrogens with zero attached hydrogens (tertiary/aromatic N) is 1. The predicted octanol–water partition coefficient (Wildman–Crippen LogP) is 1.30. The third-order valence-corrected chi connectivity index (χ3v) is 5.05. The summed E-state index contributed by atoms with van der Waals surface area (Å²) in [5.41, 5.74) is 0.721. The summed E-state index contributed by atoms with van der Waals surface area (Å²) >= 11 is 1.30. The molecule has 0 aliphatic heterocycles. The van der Waals surface area contributed by atoms with Crippen molar-refractivity contribution >= 4 is 27.3 Å². The van der Waals surface area contributed by atoms with E-state index in [0.717, 1.165) is 10.6 Å². The number of amides is 1. The van der Waals surface area contributed by atoms with Gasteiger partial charge < -0.3 is 5.32 Å². The van der Waals surface area contributed by atoms with Gasteiger partial charge in [-0.1, -0.05) is 30.3 Å². The molecule has 0 unspecified atom stereocenters. The summed E-state index contributed by atoms with van der Waals surface area (Å²) in [5.74, 6) is -0.316. The van der Waals surface area contributed by atoms with Crippen LogP contribution in [0.4, 0.5) is 0 Å². The zero-order valence-electron chi connectivity index (χ0n) is 12.1. The normalized spacial score (nSPS) is 11.3. The Balaban J connectivity index is 1.75. The molecule has 2 rings (SSSR count). The molecule has 2 aromatic rings. The van der Waals surface area contributed by atoms with Crippen molar-refractivity contribution in [2.45, 2.75) is 12.7 Å². The van der Waals surface area contributed by atoms with Crippen molar-refractivity contribution in [3.05, 3.63) is 52.0 Å². The Morgan fingerprint density at radius 3 is 2.59 bits per heavy atom. The highest BCUT2D eigenvalue weighted by Crippen LogP contribution is 2.10. The number of nitrogens with one attached hydrogen (secondary N) is 2. The number of aromatic nitrogens is 1. The number of thiazole rings is 1. The molecule has 0 fully saturated rings. The second kappa shape index (κ2) is 7.48. The minimum Gasteiger partial charge on any atom is -0.350 e. The first-order valence-corrected chi connectivity index (χ1v) is 9.15. The SMILES string of the molecule is Cc1ncc(C(=O)NCCNS(=O)(=O)Cc2ccccc2)s1. The van der Waals surface area contributed by atoms with E-state index in [0.29, 0.717) is 4.88 Å². The van der Waals surface area contributed by atoms with Crippen molar-refractivity contribution in [1.29, 1.82) is 0 Å². The van der Waals surface area contributed by atoms with E-state index in [1.165, 1.54) is 17.5 Å². The Kier molecular flexibility index (Phi) is 5.64. The molecule has 0 radical (unpaired) electrons. The highest BCUT2D eigenvalue weighted by Gasteiger charge is 2.12. The lowest BCUT2D eigenvalue weighted by atomic mass is 10.2. The average Bonchev–Trinajstić information content (AvgIpc) is 2.91. The second-order valence-electron chi connectivity index (χ2n) is 4.64. The third-order valence-electron chi connectivity index (χ3n) is 2.78. The number of carbonyl (C=O) groups excluding carboxylic acids is 1. The van der Waals surface area contributed by atoms with E-state index in [-0.39, 0.29) is 24.7 Å². The number of rotatable bonds is 7. The van der Waals surface area contributed by atoms with Gasteiger partial charge in [-0.15, -0.1) is 11.3 Å². The van der Waals surface area contributed by atoms with Gasteiger partial charge >= 0.3 is 0 Å². The van der Waals surface area contributed by atoms with Crippen LogP contribution >= 0.6 is 11.3 Å². The summed E-state index contributed by atoms with van der Waals surface area (Å²) in [6, 6.07) is 8.94. The van der Waals surface area contributed by atoms with Crippen LogP contribution in [-0.4, -0.2) is 32.4 Å². The van der Waals surface area contributed by atoms with Crippen molar-refractivity contribution in [1.82, 2.24) is 15.0 Å². The predicted molar refractivity (Wildman–Crippen MR) is 86.3 cm³/mol. The Morgan fingerprint density at radius 1 is 1.23 bits per heavy atom. The number of aryl methyl sites for hydroxylation is 1. The summed E-state index contributed by atoms with van der Waals surface area (Å²) in [4.78, 5) is 16.3. The van der Waals surface area contributed by atoms with E-state index in [1.54, 1.807) is 24.3 Å². The highest BCUT2D eigenvalue weighted by atomic mass is 32.2. The van der Waals surface area contributed by atoms with Crippen LogP contribution in [-0.2, 0) is 15.8 Å². The standard InChI is InChI=1S/C14H17N3O3S2/c1-11-16-9-13(21-11)14(18)15-7-8-17-22(19,20)10-12-5-3-2-4-6-12/h2-6,9,17H,7-8,10H2,1H3,(H,15,18). The maximum atomic E-state index is 11.9. The molecule has 22 heavy (non-hydrogen) atoms. The average molecular weight is 339 g/mol. The summed E-state index contributed by atoms with van der Waals surface area (Å²) < 4.78 is 26.2.